The fourth-order valence-electron chi connectivity index (χ4n) is 0.430. The lowest BCUT2D eigenvalue weighted by Gasteiger charge is -2.16. The maximum absolute atomic E-state index is 5.36. The molecule has 0 amide bonds. The topological polar surface area (TPSA) is 54.0 Å². The summed E-state index contributed by atoms with van der Waals surface area (Å²) < 4.78 is 0. The zero-order valence-electron chi connectivity index (χ0n) is 4.70. The zero-order valence-corrected chi connectivity index (χ0v) is 4.70. The Hall–Kier alpha value is -1.06. The minimum absolute atomic E-state index is 0.528. The number of hydrogen-bond acceptors (Lipinski definition) is 4. The molecule has 8 heavy (non-hydrogen) atoms. The van der Waals surface area contributed by atoms with Crippen molar-refractivity contribution in [2.24, 2.45) is 15.7 Å². The van der Waals surface area contributed by atoms with Gasteiger partial charge < -0.3 is 10.6 Å². The van der Waals surface area contributed by atoms with Gasteiger partial charge >= 0.3 is 0 Å². The second-order valence-electron chi connectivity index (χ2n) is 1.62. The third-order valence-corrected chi connectivity index (χ3v) is 0.957. The minimum Gasteiger partial charge on any atom is -0.369 e. The number of guanidine groups is 1. The van der Waals surface area contributed by atoms with E-state index in [4.69, 9.17) is 5.73 Å². The Morgan fingerprint density at radius 2 is 2.62 bits per heavy atom. The first-order valence-electron chi connectivity index (χ1n) is 2.33. The molecule has 0 atom stereocenters. The fraction of sp³-hybridized carbons (Fsp3) is 0.500. The first kappa shape index (κ1) is 5.08. The van der Waals surface area contributed by atoms with Crippen molar-refractivity contribution < 1.29 is 0 Å². The highest BCUT2D eigenvalue weighted by Crippen LogP contribution is 1.86. The van der Waals surface area contributed by atoms with Crippen LogP contribution in [0, 0.1) is 0 Å². The Kier molecular flexibility index (Phi) is 1.15. The molecule has 0 saturated carbocycles. The van der Waals surface area contributed by atoms with Crippen molar-refractivity contribution in [3.63, 3.8) is 0 Å². The lowest BCUT2D eigenvalue weighted by molar-refractivity contribution is 0.512. The van der Waals surface area contributed by atoms with Gasteiger partial charge in [0.2, 0.25) is 0 Å². The van der Waals surface area contributed by atoms with Gasteiger partial charge in [-0.1, -0.05) is 0 Å². The third kappa shape index (κ3) is 0.776. The average Bonchev–Trinajstić information content (AvgIpc) is 1.77. The molecule has 0 aromatic heterocycles. The van der Waals surface area contributed by atoms with E-state index in [1.165, 1.54) is 6.34 Å². The molecule has 1 aliphatic rings. The van der Waals surface area contributed by atoms with Crippen LogP contribution in [-0.2, 0) is 0 Å². The Balaban J connectivity index is 2.66. The van der Waals surface area contributed by atoms with E-state index in [2.05, 4.69) is 9.98 Å². The molecule has 0 fully saturated rings. The molecule has 0 aliphatic carbocycles. The summed E-state index contributed by atoms with van der Waals surface area (Å²) in [6, 6.07) is 0. The largest absolute Gasteiger partial charge is 0.369 e. The van der Waals surface area contributed by atoms with Gasteiger partial charge in [-0.05, 0) is 0 Å². The predicted molar refractivity (Wildman–Crippen MR) is 32.7 cm³/mol. The molecular formula is C4H8N4. The lowest BCUT2D eigenvalue weighted by Crippen LogP contribution is -2.35. The van der Waals surface area contributed by atoms with Crippen molar-refractivity contribution in [3.8, 4) is 0 Å². The van der Waals surface area contributed by atoms with Gasteiger partial charge in [0.1, 0.15) is 13.0 Å². The summed E-state index contributed by atoms with van der Waals surface area (Å²) >= 11 is 0. The molecule has 1 heterocycles. The van der Waals surface area contributed by atoms with Crippen molar-refractivity contribution in [2.45, 2.75) is 0 Å². The molecule has 2 N–H and O–H groups in total. The van der Waals surface area contributed by atoms with E-state index in [0.29, 0.717) is 12.6 Å². The SMILES string of the molecule is CN1CN=CN=C1N. The van der Waals surface area contributed by atoms with Gasteiger partial charge in [-0.2, -0.15) is 0 Å². The van der Waals surface area contributed by atoms with Crippen LogP contribution < -0.4 is 5.73 Å². The van der Waals surface area contributed by atoms with Crippen LogP contribution in [0.3, 0.4) is 0 Å². The van der Waals surface area contributed by atoms with Gasteiger partial charge in [0.25, 0.3) is 0 Å². The number of nitrogens with two attached hydrogens (primary N) is 1. The summed E-state index contributed by atoms with van der Waals surface area (Å²) in [6.45, 7) is 0.620. The van der Waals surface area contributed by atoms with Crippen LogP contribution in [-0.4, -0.2) is 30.9 Å². The van der Waals surface area contributed by atoms with Crippen LogP contribution in [0.4, 0.5) is 0 Å². The summed E-state index contributed by atoms with van der Waals surface area (Å²) in [4.78, 5) is 9.35. The number of aliphatic imine (C=N–C) groups is 2. The Labute approximate surface area is 47.7 Å². The molecule has 0 spiro atoms. The quantitative estimate of drug-likeness (QED) is 0.447. The maximum Gasteiger partial charge on any atom is 0.198 e. The second kappa shape index (κ2) is 1.81. The molecular weight excluding hydrogens is 104 g/mol. The van der Waals surface area contributed by atoms with Crippen LogP contribution in [0.1, 0.15) is 0 Å². The first-order chi connectivity index (χ1) is 3.80. The highest BCUT2D eigenvalue weighted by molar-refractivity contribution is 5.86. The number of nitrogens with zero attached hydrogens (tertiary/aromatic N) is 3. The normalized spacial score (nSPS) is 18.6. The Morgan fingerprint density at radius 1 is 1.88 bits per heavy atom. The monoisotopic (exact) mass is 112 g/mol. The predicted octanol–water partition coefficient (Wildman–Crippen LogP) is -0.768. The summed E-state index contributed by atoms with van der Waals surface area (Å²) in [7, 11) is 1.84. The maximum atomic E-state index is 5.36. The summed E-state index contributed by atoms with van der Waals surface area (Å²) in [5, 5.41) is 0. The lowest BCUT2D eigenvalue weighted by atomic mass is 10.7. The van der Waals surface area contributed by atoms with E-state index in [-0.39, 0.29) is 0 Å². The molecule has 0 saturated heterocycles. The molecule has 0 radical (unpaired) electrons. The van der Waals surface area contributed by atoms with Gasteiger partial charge in [-0.25, -0.2) is 4.99 Å². The summed E-state index contributed by atoms with van der Waals surface area (Å²) in [5.74, 6) is 0.528. The minimum atomic E-state index is 0.528. The Bertz CT molecular complexity index is 137. The highest BCUT2D eigenvalue weighted by Gasteiger charge is 2.00. The van der Waals surface area contributed by atoms with Crippen molar-refractivity contribution in [1.82, 2.24) is 4.90 Å². The number of hydrogen-bond donors (Lipinski definition) is 1. The molecule has 0 unspecified atom stereocenters. The molecule has 4 nitrogen and oxygen atoms in total. The van der Waals surface area contributed by atoms with Crippen LogP contribution in [0.25, 0.3) is 0 Å². The van der Waals surface area contributed by atoms with E-state index < -0.39 is 0 Å². The number of rotatable bonds is 0. The highest BCUT2D eigenvalue weighted by atomic mass is 15.3. The van der Waals surface area contributed by atoms with Crippen molar-refractivity contribution in [3.05, 3.63) is 0 Å². The molecule has 44 valence electrons. The average molecular weight is 112 g/mol. The molecule has 4 heteroatoms. The van der Waals surface area contributed by atoms with E-state index >= 15 is 0 Å². The summed E-state index contributed by atoms with van der Waals surface area (Å²) in [5.41, 5.74) is 5.36. The van der Waals surface area contributed by atoms with Crippen molar-refractivity contribution in [2.75, 3.05) is 13.7 Å². The van der Waals surface area contributed by atoms with Gasteiger partial charge in [-0.15, -0.1) is 0 Å². The van der Waals surface area contributed by atoms with E-state index in [1.807, 2.05) is 7.05 Å². The molecule has 0 bridgehead atoms. The van der Waals surface area contributed by atoms with Gasteiger partial charge in [0.15, 0.2) is 5.96 Å². The summed E-state index contributed by atoms with van der Waals surface area (Å²) in [6.07, 6.45) is 1.47. The first-order valence-corrected chi connectivity index (χ1v) is 2.33. The van der Waals surface area contributed by atoms with E-state index in [0.717, 1.165) is 0 Å². The standard InChI is InChI=1S/C4H8N4/c1-8-3-6-2-7-4(8)5/h2H,3H2,1H3,(H2,5,6,7). The fourth-order valence-corrected chi connectivity index (χ4v) is 0.430. The van der Waals surface area contributed by atoms with Crippen molar-refractivity contribution >= 4 is 12.3 Å². The molecule has 1 rings (SSSR count). The van der Waals surface area contributed by atoms with E-state index in [1.54, 1.807) is 4.90 Å². The molecule has 0 aromatic carbocycles. The molecule has 0 aromatic rings. The van der Waals surface area contributed by atoms with E-state index in [9.17, 15) is 0 Å². The van der Waals surface area contributed by atoms with Gasteiger partial charge in [0, 0.05) is 7.05 Å². The van der Waals surface area contributed by atoms with Gasteiger partial charge in [0.05, 0.1) is 0 Å². The van der Waals surface area contributed by atoms with Crippen LogP contribution in [0.5, 0.6) is 0 Å². The van der Waals surface area contributed by atoms with Crippen LogP contribution in [0.15, 0.2) is 9.98 Å². The van der Waals surface area contributed by atoms with Gasteiger partial charge in [-0.3, -0.25) is 4.99 Å². The van der Waals surface area contributed by atoms with Crippen LogP contribution >= 0.6 is 0 Å². The van der Waals surface area contributed by atoms with Crippen molar-refractivity contribution in [1.29, 1.82) is 0 Å². The Morgan fingerprint density at radius 3 is 3.00 bits per heavy atom. The second-order valence-corrected chi connectivity index (χ2v) is 1.62. The smallest absolute Gasteiger partial charge is 0.198 e. The molecule has 1 aliphatic heterocycles. The third-order valence-electron chi connectivity index (χ3n) is 0.957. The van der Waals surface area contributed by atoms with Crippen LogP contribution in [0.2, 0.25) is 0 Å². The zero-order chi connectivity index (χ0) is 5.98.